The van der Waals surface area contributed by atoms with Crippen LogP contribution in [-0.2, 0) is 0 Å². The second-order valence-electron chi connectivity index (χ2n) is 5.65. The first kappa shape index (κ1) is 15.3. The van der Waals surface area contributed by atoms with E-state index in [9.17, 15) is 4.39 Å². The molecule has 1 aliphatic heterocycles. The van der Waals surface area contributed by atoms with E-state index in [1.54, 1.807) is 36.3 Å². The number of hydrogen-bond acceptors (Lipinski definition) is 4. The maximum absolute atomic E-state index is 14.4. The van der Waals surface area contributed by atoms with Gasteiger partial charge < -0.3 is 19.4 Å². The largest absolute Gasteiger partial charge is 0.497 e. The summed E-state index contributed by atoms with van der Waals surface area (Å²) in [6.07, 6.45) is 0.919. The normalized spacial score (nSPS) is 16.3. The van der Waals surface area contributed by atoms with Crippen LogP contribution in [0.25, 0.3) is 0 Å². The van der Waals surface area contributed by atoms with E-state index in [2.05, 4.69) is 5.32 Å². The Morgan fingerprint density at radius 2 is 1.88 bits per heavy atom. The fourth-order valence-corrected chi connectivity index (χ4v) is 2.99. The number of rotatable bonds is 3. The smallest absolute Gasteiger partial charge is 0.205 e. The molecule has 1 unspecified atom stereocenters. The minimum atomic E-state index is -0.597. The van der Waals surface area contributed by atoms with E-state index in [4.69, 9.17) is 14.6 Å². The standard InChI is InChI=1S/C19H16FN3O2/c1-24-13-8-6-12(7-9-13)23-17(21)15-10-11-25-19(15)22-18(23)14-4-2-3-5-16(14)20/h2-11,18,21-22H,1H3. The van der Waals surface area contributed by atoms with Crippen LogP contribution in [0.1, 0.15) is 17.3 Å². The van der Waals surface area contributed by atoms with E-state index in [0.29, 0.717) is 22.8 Å². The lowest BCUT2D eigenvalue weighted by atomic mass is 10.1. The minimum absolute atomic E-state index is 0.237. The number of fused-ring (bicyclic) bond motifs is 1. The molecule has 0 aliphatic carbocycles. The molecule has 1 aliphatic rings. The van der Waals surface area contributed by atoms with Crippen LogP contribution in [0, 0.1) is 11.2 Å². The fourth-order valence-electron chi connectivity index (χ4n) is 2.99. The monoisotopic (exact) mass is 337 g/mol. The Hall–Kier alpha value is -3.28. The molecule has 1 aromatic heterocycles. The van der Waals surface area contributed by atoms with Crippen molar-refractivity contribution in [3.63, 3.8) is 0 Å². The lowest BCUT2D eigenvalue weighted by Crippen LogP contribution is -2.43. The van der Waals surface area contributed by atoms with Crippen molar-refractivity contribution in [2.75, 3.05) is 17.3 Å². The van der Waals surface area contributed by atoms with E-state index in [1.807, 2.05) is 24.3 Å². The number of furan rings is 1. The zero-order chi connectivity index (χ0) is 17.4. The van der Waals surface area contributed by atoms with E-state index in [0.717, 1.165) is 5.69 Å². The molecule has 0 saturated heterocycles. The summed E-state index contributed by atoms with van der Waals surface area (Å²) >= 11 is 0. The van der Waals surface area contributed by atoms with Crippen LogP contribution in [0.2, 0.25) is 0 Å². The Morgan fingerprint density at radius 1 is 1.12 bits per heavy atom. The molecule has 126 valence electrons. The van der Waals surface area contributed by atoms with Crippen LogP contribution < -0.4 is 15.0 Å². The molecule has 6 heteroatoms. The second kappa shape index (κ2) is 5.98. The molecule has 0 radical (unpaired) electrons. The molecule has 5 nitrogen and oxygen atoms in total. The number of amidine groups is 1. The number of nitrogens with one attached hydrogen (secondary N) is 2. The highest BCUT2D eigenvalue weighted by Crippen LogP contribution is 2.38. The van der Waals surface area contributed by atoms with Gasteiger partial charge in [-0.25, -0.2) is 4.39 Å². The van der Waals surface area contributed by atoms with Crippen molar-refractivity contribution >= 4 is 17.4 Å². The molecule has 0 bridgehead atoms. The molecular weight excluding hydrogens is 321 g/mol. The van der Waals surface area contributed by atoms with Gasteiger partial charge in [-0.3, -0.25) is 5.41 Å². The van der Waals surface area contributed by atoms with Crippen LogP contribution in [0.3, 0.4) is 0 Å². The summed E-state index contributed by atoms with van der Waals surface area (Å²) in [6, 6.07) is 15.5. The fraction of sp³-hybridized carbons (Fsp3) is 0.105. The van der Waals surface area contributed by atoms with Crippen molar-refractivity contribution in [3.8, 4) is 5.75 Å². The van der Waals surface area contributed by atoms with Gasteiger partial charge in [0, 0.05) is 11.3 Å². The predicted octanol–water partition coefficient (Wildman–Crippen LogP) is 4.38. The topological polar surface area (TPSA) is 61.5 Å². The van der Waals surface area contributed by atoms with Crippen LogP contribution in [-0.4, -0.2) is 12.9 Å². The number of halogens is 1. The molecule has 0 saturated carbocycles. The summed E-state index contributed by atoms with van der Waals surface area (Å²) in [7, 11) is 1.60. The number of anilines is 2. The summed E-state index contributed by atoms with van der Waals surface area (Å²) in [4.78, 5) is 1.73. The highest BCUT2D eigenvalue weighted by Gasteiger charge is 2.34. The molecule has 0 spiro atoms. The van der Waals surface area contributed by atoms with Crippen molar-refractivity contribution in [1.82, 2.24) is 0 Å². The highest BCUT2D eigenvalue weighted by molar-refractivity contribution is 6.12. The van der Waals surface area contributed by atoms with Gasteiger partial charge >= 0.3 is 0 Å². The summed E-state index contributed by atoms with van der Waals surface area (Å²) in [5.41, 5.74) is 1.81. The Labute approximate surface area is 144 Å². The molecular formula is C19H16FN3O2. The van der Waals surface area contributed by atoms with Crippen LogP contribution in [0.4, 0.5) is 16.0 Å². The average Bonchev–Trinajstić information content (AvgIpc) is 3.11. The van der Waals surface area contributed by atoms with Crippen molar-refractivity contribution < 1.29 is 13.5 Å². The second-order valence-corrected chi connectivity index (χ2v) is 5.65. The summed E-state index contributed by atoms with van der Waals surface area (Å²) < 4.78 is 25.0. The Morgan fingerprint density at radius 3 is 2.60 bits per heavy atom. The third-order valence-corrected chi connectivity index (χ3v) is 4.24. The van der Waals surface area contributed by atoms with Crippen molar-refractivity contribution in [2.45, 2.75) is 6.17 Å². The number of ether oxygens (including phenoxy) is 1. The molecule has 3 aromatic rings. The van der Waals surface area contributed by atoms with Gasteiger partial charge in [-0.05, 0) is 36.4 Å². The highest BCUT2D eigenvalue weighted by atomic mass is 19.1. The maximum atomic E-state index is 14.4. The Balaban J connectivity index is 1.84. The van der Waals surface area contributed by atoms with Gasteiger partial charge in [0.25, 0.3) is 0 Å². The SMILES string of the molecule is COc1ccc(N2C(=N)c3ccoc3NC2c2ccccc2F)cc1. The van der Waals surface area contributed by atoms with E-state index in [1.165, 1.54) is 12.3 Å². The van der Waals surface area contributed by atoms with Gasteiger partial charge in [0.2, 0.25) is 5.88 Å². The number of nitrogens with zero attached hydrogens (tertiary/aromatic N) is 1. The zero-order valence-corrected chi connectivity index (χ0v) is 13.5. The molecule has 1 atom stereocenters. The minimum Gasteiger partial charge on any atom is -0.497 e. The molecule has 0 fully saturated rings. The van der Waals surface area contributed by atoms with Crippen LogP contribution >= 0.6 is 0 Å². The third-order valence-electron chi connectivity index (χ3n) is 4.24. The third kappa shape index (κ3) is 2.52. The molecule has 2 heterocycles. The van der Waals surface area contributed by atoms with Crippen molar-refractivity contribution in [1.29, 1.82) is 5.41 Å². The molecule has 2 N–H and O–H groups in total. The number of benzene rings is 2. The summed E-state index contributed by atoms with van der Waals surface area (Å²) in [6.45, 7) is 0. The molecule has 2 aromatic carbocycles. The first-order valence-corrected chi connectivity index (χ1v) is 7.79. The van der Waals surface area contributed by atoms with Gasteiger partial charge in [-0.15, -0.1) is 0 Å². The quantitative estimate of drug-likeness (QED) is 0.744. The van der Waals surface area contributed by atoms with Crippen molar-refractivity contribution in [3.05, 3.63) is 77.8 Å². The lowest BCUT2D eigenvalue weighted by Gasteiger charge is -2.38. The Kier molecular flexibility index (Phi) is 3.65. The van der Waals surface area contributed by atoms with Gasteiger partial charge in [0.05, 0.1) is 18.9 Å². The van der Waals surface area contributed by atoms with Crippen LogP contribution in [0.15, 0.2) is 65.3 Å². The first-order valence-electron chi connectivity index (χ1n) is 7.79. The van der Waals surface area contributed by atoms with Gasteiger partial charge in [-0.2, -0.15) is 0 Å². The molecule has 25 heavy (non-hydrogen) atoms. The lowest BCUT2D eigenvalue weighted by molar-refractivity contribution is 0.415. The zero-order valence-electron chi connectivity index (χ0n) is 13.5. The summed E-state index contributed by atoms with van der Waals surface area (Å²) in [5.74, 6) is 1.07. The van der Waals surface area contributed by atoms with E-state index in [-0.39, 0.29) is 11.7 Å². The van der Waals surface area contributed by atoms with Gasteiger partial charge in [0.1, 0.15) is 23.6 Å². The van der Waals surface area contributed by atoms with E-state index >= 15 is 0 Å². The van der Waals surface area contributed by atoms with Gasteiger partial charge in [-0.1, -0.05) is 18.2 Å². The Bertz CT molecular complexity index is 920. The average molecular weight is 337 g/mol. The maximum Gasteiger partial charge on any atom is 0.205 e. The molecule has 0 amide bonds. The van der Waals surface area contributed by atoms with Crippen LogP contribution in [0.5, 0.6) is 5.75 Å². The van der Waals surface area contributed by atoms with E-state index < -0.39 is 6.17 Å². The predicted molar refractivity (Wildman–Crippen MR) is 93.8 cm³/mol. The molecule has 4 rings (SSSR count). The van der Waals surface area contributed by atoms with Gasteiger partial charge in [0.15, 0.2) is 0 Å². The number of methoxy groups -OCH3 is 1. The summed E-state index contributed by atoms with van der Waals surface area (Å²) in [5, 5.41) is 11.8. The number of hydrogen-bond donors (Lipinski definition) is 2. The van der Waals surface area contributed by atoms with Crippen molar-refractivity contribution in [2.24, 2.45) is 0 Å². The first-order chi connectivity index (χ1) is 12.2.